The van der Waals surface area contributed by atoms with Crippen LogP contribution in [0.1, 0.15) is 61.3 Å². The summed E-state index contributed by atoms with van der Waals surface area (Å²) in [4.78, 5) is 12.0. The second kappa shape index (κ2) is 8.69. The van der Waals surface area contributed by atoms with Crippen LogP contribution in [0.5, 0.6) is 0 Å². The van der Waals surface area contributed by atoms with Gasteiger partial charge in [0.05, 0.1) is 0 Å². The van der Waals surface area contributed by atoms with E-state index in [1.165, 1.54) is 12.8 Å². The summed E-state index contributed by atoms with van der Waals surface area (Å²) in [6.07, 6.45) is 5.93. The van der Waals surface area contributed by atoms with Gasteiger partial charge in [-0.1, -0.05) is 6.92 Å². The predicted molar refractivity (Wildman–Crippen MR) is 79.2 cm³/mol. The Balaban J connectivity index is 0. The third kappa shape index (κ3) is 7.15. The van der Waals surface area contributed by atoms with Crippen molar-refractivity contribution in [2.45, 2.75) is 72.4 Å². The van der Waals surface area contributed by atoms with Gasteiger partial charge in [0.25, 0.3) is 0 Å². The fourth-order valence-corrected chi connectivity index (χ4v) is 2.65. The van der Waals surface area contributed by atoms with Crippen LogP contribution in [-0.2, 0) is 37.5 Å². The molecule has 3 heteroatoms. The Labute approximate surface area is 145 Å². The smallest absolute Gasteiger partial charge is 0 e. The molecule has 0 saturated carbocycles. The number of likely N-dealkylation sites (tertiary alicyclic amines) is 1. The van der Waals surface area contributed by atoms with Gasteiger partial charge >= 0.3 is 0 Å². The third-order valence-corrected chi connectivity index (χ3v) is 3.88. The van der Waals surface area contributed by atoms with Gasteiger partial charge < -0.3 is 15.6 Å². The summed E-state index contributed by atoms with van der Waals surface area (Å²) in [5.41, 5.74) is 1.34. The van der Waals surface area contributed by atoms with Crippen LogP contribution in [0.25, 0.3) is 0 Å². The van der Waals surface area contributed by atoms with Crippen molar-refractivity contribution >= 4 is 6.29 Å². The van der Waals surface area contributed by atoms with Crippen LogP contribution >= 0.6 is 0 Å². The van der Waals surface area contributed by atoms with E-state index in [0.717, 1.165) is 0 Å². The second-order valence-corrected chi connectivity index (χ2v) is 6.57. The van der Waals surface area contributed by atoms with Crippen LogP contribution in [-0.4, -0.2) is 29.3 Å². The Morgan fingerprint density at radius 3 is 1.79 bits per heavy atom. The molecular formula is C16H29NOY-2. The van der Waals surface area contributed by atoms with Crippen molar-refractivity contribution in [3.05, 3.63) is 17.6 Å². The normalized spacial score (nSPS) is 22.8. The predicted octanol–water partition coefficient (Wildman–Crippen LogP) is 3.92. The van der Waals surface area contributed by atoms with Crippen molar-refractivity contribution in [2.75, 3.05) is 7.05 Å². The number of allylic oxidation sites excluding steroid dienone is 2. The number of rotatable bonds is 1. The number of hydrogen-bond donors (Lipinski definition) is 0. The Bertz CT molecular complexity index is 290. The van der Waals surface area contributed by atoms with E-state index in [-0.39, 0.29) is 32.7 Å². The van der Waals surface area contributed by atoms with E-state index in [2.05, 4.69) is 46.6 Å². The summed E-state index contributed by atoms with van der Waals surface area (Å²) in [5, 5.41) is 0. The third-order valence-electron chi connectivity index (χ3n) is 3.88. The first-order valence-electron chi connectivity index (χ1n) is 6.63. The van der Waals surface area contributed by atoms with Gasteiger partial charge in [0.1, 0.15) is 0 Å². The molecule has 1 fully saturated rings. The fraction of sp³-hybridized carbons (Fsp3) is 0.750. The zero-order valence-corrected chi connectivity index (χ0v) is 16.8. The minimum atomic E-state index is 0. The van der Waals surface area contributed by atoms with Gasteiger partial charge in [-0.15, -0.1) is 6.92 Å². The van der Waals surface area contributed by atoms with E-state index >= 15 is 0 Å². The monoisotopic (exact) mass is 340 g/mol. The standard InChI is InChI=1S/C11H22N.C5H7O.Y/c1-9-7-10(2,3)12(6)11(4,5)8-9;1-3-5(2)4-6;/h7-8H2,1-6H3;3H,1-2H3;/q2*-1;. The average molecular weight is 340 g/mol. The Morgan fingerprint density at radius 2 is 1.58 bits per heavy atom. The van der Waals surface area contributed by atoms with E-state index < -0.39 is 0 Å². The first-order chi connectivity index (χ1) is 8.06. The molecule has 2 nitrogen and oxygen atoms in total. The molecule has 0 amide bonds. The van der Waals surface area contributed by atoms with Gasteiger partial charge in [0.15, 0.2) is 0 Å². The molecule has 0 N–H and O–H groups in total. The minimum Gasteiger partial charge on any atom is -0.419 e. The average Bonchev–Trinajstić information content (AvgIpc) is 2.24. The van der Waals surface area contributed by atoms with E-state index in [1.807, 2.05) is 0 Å². The summed E-state index contributed by atoms with van der Waals surface area (Å²) >= 11 is 0. The largest absolute Gasteiger partial charge is 0.419 e. The van der Waals surface area contributed by atoms with Gasteiger partial charge in [-0.2, -0.15) is 25.3 Å². The van der Waals surface area contributed by atoms with E-state index in [1.54, 1.807) is 32.1 Å². The quantitative estimate of drug-likeness (QED) is 0.533. The van der Waals surface area contributed by atoms with Crippen molar-refractivity contribution in [2.24, 2.45) is 0 Å². The molecule has 0 aliphatic carbocycles. The summed E-state index contributed by atoms with van der Waals surface area (Å²) < 4.78 is 0. The van der Waals surface area contributed by atoms with Gasteiger partial charge in [0.2, 0.25) is 0 Å². The maximum absolute atomic E-state index is 9.54. The first-order valence-corrected chi connectivity index (χ1v) is 6.63. The van der Waals surface area contributed by atoms with Gasteiger partial charge in [-0.25, -0.2) is 6.08 Å². The van der Waals surface area contributed by atoms with Crippen molar-refractivity contribution in [1.29, 1.82) is 0 Å². The number of nitrogens with zero attached hydrogens (tertiary/aromatic N) is 1. The molecule has 1 heterocycles. The molecule has 0 aromatic carbocycles. The van der Waals surface area contributed by atoms with Crippen LogP contribution in [0.3, 0.4) is 0 Å². The van der Waals surface area contributed by atoms with Crippen molar-refractivity contribution < 1.29 is 37.5 Å². The Kier molecular flexibility index (Phi) is 9.96. The number of carbonyl (C=O) groups excluding carboxylic acids is 1. The molecule has 0 unspecified atom stereocenters. The number of hydrogen-bond acceptors (Lipinski definition) is 2. The van der Waals surface area contributed by atoms with E-state index in [9.17, 15) is 4.79 Å². The molecule has 0 aromatic rings. The van der Waals surface area contributed by atoms with Gasteiger partial charge in [0, 0.05) is 32.7 Å². The maximum Gasteiger partial charge on any atom is 0 e. The van der Waals surface area contributed by atoms with Crippen LogP contribution < -0.4 is 0 Å². The topological polar surface area (TPSA) is 20.3 Å². The first kappa shape index (κ1) is 21.8. The fourth-order valence-electron chi connectivity index (χ4n) is 2.65. The summed E-state index contributed by atoms with van der Waals surface area (Å²) in [6.45, 7) is 15.1. The molecule has 1 saturated heterocycles. The van der Waals surface area contributed by atoms with Gasteiger partial charge in [-0.05, 0) is 52.1 Å². The molecule has 1 radical (unpaired) electrons. The molecule has 0 bridgehead atoms. The molecule has 109 valence electrons. The van der Waals surface area contributed by atoms with Crippen LogP contribution in [0.15, 0.2) is 11.6 Å². The van der Waals surface area contributed by atoms with Gasteiger partial charge in [-0.3, -0.25) is 0 Å². The minimum absolute atomic E-state index is 0. The maximum atomic E-state index is 9.54. The van der Waals surface area contributed by atoms with Crippen LogP contribution in [0, 0.1) is 5.92 Å². The summed E-state index contributed by atoms with van der Waals surface area (Å²) in [5.74, 6) is 1.64. The molecule has 19 heavy (non-hydrogen) atoms. The van der Waals surface area contributed by atoms with Crippen molar-refractivity contribution in [3.8, 4) is 0 Å². The SMILES string of the molecule is CC=C(C)[C-]=O.C[C-]1CC(C)(C)N(C)C(C)(C)C1.[Y]. The van der Waals surface area contributed by atoms with Crippen LogP contribution in [0.4, 0.5) is 0 Å². The number of piperidine rings is 1. The summed E-state index contributed by atoms with van der Waals surface area (Å²) in [7, 11) is 2.24. The molecular weight excluding hydrogens is 311 g/mol. The van der Waals surface area contributed by atoms with E-state index in [4.69, 9.17) is 0 Å². The molecule has 1 aliphatic heterocycles. The Morgan fingerprint density at radius 1 is 1.21 bits per heavy atom. The molecule has 1 rings (SSSR count). The second-order valence-electron chi connectivity index (χ2n) is 6.57. The zero-order valence-electron chi connectivity index (χ0n) is 13.9. The molecule has 0 aromatic heterocycles. The van der Waals surface area contributed by atoms with Crippen molar-refractivity contribution in [3.63, 3.8) is 0 Å². The summed E-state index contributed by atoms with van der Waals surface area (Å²) in [6, 6.07) is 0. The van der Waals surface area contributed by atoms with E-state index in [0.29, 0.717) is 16.7 Å². The molecule has 0 spiro atoms. The van der Waals surface area contributed by atoms with Crippen LogP contribution in [0.2, 0.25) is 0 Å². The molecule has 1 aliphatic rings. The Hall–Kier alpha value is 0.474. The molecule has 0 atom stereocenters. The van der Waals surface area contributed by atoms with Crippen molar-refractivity contribution in [1.82, 2.24) is 4.90 Å². The zero-order chi connectivity index (χ0) is 14.6.